The first-order valence-electron chi connectivity index (χ1n) is 7.44. The number of nitrogens with two attached hydrogens (primary N) is 1. The highest BCUT2D eigenvalue weighted by molar-refractivity contribution is 7.80. The number of hydrogen-bond acceptors (Lipinski definition) is 2. The summed E-state index contributed by atoms with van der Waals surface area (Å²) in [5, 5.41) is 3.33. The summed E-state index contributed by atoms with van der Waals surface area (Å²) in [5.41, 5.74) is 6.67. The van der Waals surface area contributed by atoms with Crippen molar-refractivity contribution < 1.29 is 4.39 Å². The zero-order chi connectivity index (χ0) is 14.5. The molecule has 2 nitrogen and oxygen atoms in total. The van der Waals surface area contributed by atoms with E-state index in [1.165, 1.54) is 38.2 Å². The van der Waals surface area contributed by atoms with Gasteiger partial charge in [0.25, 0.3) is 0 Å². The maximum absolute atomic E-state index is 13.8. The summed E-state index contributed by atoms with van der Waals surface area (Å²) < 4.78 is 13.8. The Morgan fingerprint density at radius 1 is 1.30 bits per heavy atom. The zero-order valence-corrected chi connectivity index (χ0v) is 12.8. The van der Waals surface area contributed by atoms with E-state index in [4.69, 9.17) is 18.0 Å². The summed E-state index contributed by atoms with van der Waals surface area (Å²) in [6, 6.07) is 4.93. The molecule has 110 valence electrons. The summed E-state index contributed by atoms with van der Waals surface area (Å²) in [5.74, 6) is 1.21. The van der Waals surface area contributed by atoms with Gasteiger partial charge in [0.15, 0.2) is 0 Å². The molecule has 0 radical (unpaired) electrons. The second kappa shape index (κ2) is 7.02. The Morgan fingerprint density at radius 2 is 1.95 bits per heavy atom. The Kier molecular flexibility index (Phi) is 5.35. The van der Waals surface area contributed by atoms with Crippen molar-refractivity contribution in [2.75, 3.05) is 11.9 Å². The van der Waals surface area contributed by atoms with E-state index in [2.05, 4.69) is 12.2 Å². The molecule has 0 bridgehead atoms. The van der Waals surface area contributed by atoms with Crippen molar-refractivity contribution >= 4 is 22.9 Å². The normalized spacial score (nSPS) is 22.5. The maximum atomic E-state index is 13.8. The third-order valence-corrected chi connectivity index (χ3v) is 4.59. The van der Waals surface area contributed by atoms with Crippen molar-refractivity contribution in [3.8, 4) is 0 Å². The van der Waals surface area contributed by atoms with Crippen LogP contribution in [0, 0.1) is 17.7 Å². The van der Waals surface area contributed by atoms with Crippen molar-refractivity contribution in [1.82, 2.24) is 0 Å². The van der Waals surface area contributed by atoms with Gasteiger partial charge in [-0.25, -0.2) is 4.39 Å². The molecular formula is C16H23FN2S. The molecule has 1 aromatic carbocycles. The topological polar surface area (TPSA) is 38.0 Å². The summed E-state index contributed by atoms with van der Waals surface area (Å²) in [6.45, 7) is 3.14. The molecule has 1 aliphatic carbocycles. The van der Waals surface area contributed by atoms with Gasteiger partial charge in [-0.05, 0) is 36.8 Å². The maximum Gasteiger partial charge on any atom is 0.135 e. The molecule has 1 fully saturated rings. The number of thiocarbonyl (C=S) groups is 1. The van der Waals surface area contributed by atoms with Crippen molar-refractivity contribution in [3.63, 3.8) is 0 Å². The number of rotatable bonds is 5. The molecule has 4 heteroatoms. The second-order valence-electron chi connectivity index (χ2n) is 5.70. The number of nitrogens with one attached hydrogen (secondary N) is 1. The minimum atomic E-state index is -0.350. The van der Waals surface area contributed by atoms with Gasteiger partial charge in [-0.3, -0.25) is 0 Å². The predicted molar refractivity (Wildman–Crippen MR) is 86.5 cm³/mol. The van der Waals surface area contributed by atoms with E-state index >= 15 is 0 Å². The minimum Gasteiger partial charge on any atom is -0.389 e. The fourth-order valence-electron chi connectivity index (χ4n) is 3.02. The fraction of sp³-hybridized carbons (Fsp3) is 0.562. The zero-order valence-electron chi connectivity index (χ0n) is 12.0. The Hall–Kier alpha value is -1.16. The highest BCUT2D eigenvalue weighted by atomic mass is 32.1. The molecule has 1 aromatic rings. The molecule has 1 saturated carbocycles. The van der Waals surface area contributed by atoms with Crippen LogP contribution >= 0.6 is 12.2 Å². The fourth-order valence-corrected chi connectivity index (χ4v) is 3.23. The molecule has 20 heavy (non-hydrogen) atoms. The van der Waals surface area contributed by atoms with Gasteiger partial charge in [-0.1, -0.05) is 44.5 Å². The van der Waals surface area contributed by atoms with Gasteiger partial charge in [0.2, 0.25) is 0 Å². The van der Waals surface area contributed by atoms with Crippen LogP contribution in [-0.4, -0.2) is 11.5 Å². The molecule has 3 N–H and O–H groups in total. The monoisotopic (exact) mass is 294 g/mol. The van der Waals surface area contributed by atoms with E-state index < -0.39 is 0 Å². The van der Waals surface area contributed by atoms with Crippen LogP contribution in [0.3, 0.4) is 0 Å². The van der Waals surface area contributed by atoms with Gasteiger partial charge >= 0.3 is 0 Å². The third kappa shape index (κ3) is 3.69. The smallest absolute Gasteiger partial charge is 0.135 e. The van der Waals surface area contributed by atoms with Gasteiger partial charge < -0.3 is 11.1 Å². The van der Waals surface area contributed by atoms with Crippen molar-refractivity contribution in [1.29, 1.82) is 0 Å². The van der Waals surface area contributed by atoms with E-state index in [0.29, 0.717) is 11.5 Å². The molecule has 2 rings (SSSR count). The van der Waals surface area contributed by atoms with Crippen LogP contribution in [0.2, 0.25) is 0 Å². The summed E-state index contributed by atoms with van der Waals surface area (Å²) in [4.78, 5) is 0.111. The van der Waals surface area contributed by atoms with E-state index in [9.17, 15) is 4.39 Å². The lowest BCUT2D eigenvalue weighted by Gasteiger charge is -2.28. The first-order valence-corrected chi connectivity index (χ1v) is 7.84. The minimum absolute atomic E-state index is 0.111. The molecule has 0 heterocycles. The van der Waals surface area contributed by atoms with Gasteiger partial charge in [0, 0.05) is 12.2 Å². The largest absolute Gasteiger partial charge is 0.389 e. The molecule has 0 unspecified atom stereocenters. The summed E-state index contributed by atoms with van der Waals surface area (Å²) >= 11 is 4.94. The number of halogens is 1. The lowest BCUT2D eigenvalue weighted by Crippen LogP contribution is -2.22. The van der Waals surface area contributed by atoms with Gasteiger partial charge in [0.05, 0.1) is 5.56 Å². The van der Waals surface area contributed by atoms with Crippen molar-refractivity contribution in [2.24, 2.45) is 17.6 Å². The Labute approximate surface area is 125 Å². The Balaban J connectivity index is 1.95. The first kappa shape index (κ1) is 15.2. The van der Waals surface area contributed by atoms with Crippen LogP contribution in [-0.2, 0) is 0 Å². The van der Waals surface area contributed by atoms with Crippen molar-refractivity contribution in [3.05, 3.63) is 29.6 Å². The Morgan fingerprint density at radius 3 is 2.55 bits per heavy atom. The van der Waals surface area contributed by atoms with Gasteiger partial charge in [0.1, 0.15) is 10.8 Å². The number of hydrogen-bond donors (Lipinski definition) is 2. The summed E-state index contributed by atoms with van der Waals surface area (Å²) in [6.07, 6.45) is 6.42. The lowest BCUT2D eigenvalue weighted by molar-refractivity contribution is 0.278. The number of benzene rings is 1. The molecule has 0 amide bonds. The quantitative estimate of drug-likeness (QED) is 0.803. The molecule has 0 atom stereocenters. The van der Waals surface area contributed by atoms with Gasteiger partial charge in [-0.15, -0.1) is 0 Å². The van der Waals surface area contributed by atoms with E-state index in [0.717, 1.165) is 18.2 Å². The van der Waals surface area contributed by atoms with Gasteiger partial charge in [-0.2, -0.15) is 0 Å². The van der Waals surface area contributed by atoms with Crippen LogP contribution < -0.4 is 11.1 Å². The molecule has 0 aliphatic heterocycles. The molecule has 0 saturated heterocycles. The van der Waals surface area contributed by atoms with Crippen molar-refractivity contribution in [2.45, 2.75) is 39.0 Å². The van der Waals surface area contributed by atoms with Crippen LogP contribution in [0.5, 0.6) is 0 Å². The third-order valence-electron chi connectivity index (χ3n) is 4.38. The highest BCUT2D eigenvalue weighted by Gasteiger charge is 2.20. The average Bonchev–Trinajstić information content (AvgIpc) is 2.45. The van der Waals surface area contributed by atoms with E-state index in [1.54, 1.807) is 6.07 Å². The number of anilines is 1. The molecular weight excluding hydrogens is 271 g/mol. The predicted octanol–water partition coefficient (Wildman–Crippen LogP) is 4.09. The molecule has 1 aliphatic rings. The summed E-state index contributed by atoms with van der Waals surface area (Å²) in [7, 11) is 0. The van der Waals surface area contributed by atoms with Crippen LogP contribution in [0.25, 0.3) is 0 Å². The van der Waals surface area contributed by atoms with E-state index in [1.807, 2.05) is 6.07 Å². The lowest BCUT2D eigenvalue weighted by atomic mass is 9.81. The molecule has 0 aromatic heterocycles. The Bertz CT molecular complexity index is 468. The standard InChI is InChI=1S/C16H23FN2S/c1-2-11-6-8-12(9-7-11)10-19-14-5-3-4-13(17)15(14)16(18)20/h3-5,11-12,19H,2,6-10H2,1H3,(H2,18,20). The van der Waals surface area contributed by atoms with E-state index in [-0.39, 0.29) is 10.8 Å². The SMILES string of the molecule is CCC1CCC(CNc2cccc(F)c2C(N)=S)CC1. The average molecular weight is 294 g/mol. The highest BCUT2D eigenvalue weighted by Crippen LogP contribution is 2.31. The molecule has 0 spiro atoms. The van der Waals surface area contributed by atoms with Crippen LogP contribution in [0.4, 0.5) is 10.1 Å². The second-order valence-corrected chi connectivity index (χ2v) is 6.14. The van der Waals surface area contributed by atoms with Crippen LogP contribution in [0.15, 0.2) is 18.2 Å². The first-order chi connectivity index (χ1) is 9.61. The van der Waals surface area contributed by atoms with Crippen LogP contribution in [0.1, 0.15) is 44.6 Å².